The number of fused-ring (bicyclic) bond motifs is 1. The summed E-state index contributed by atoms with van der Waals surface area (Å²) in [5.41, 5.74) is -1.03. The number of carbonyl (C=O) groups is 2. The summed E-state index contributed by atoms with van der Waals surface area (Å²) in [4.78, 5) is 38.6. The van der Waals surface area contributed by atoms with Crippen molar-refractivity contribution in [2.45, 2.75) is 57.4 Å². The molecule has 0 atom stereocenters. The molecule has 1 amide bonds. The number of hydrogen-bond donors (Lipinski definition) is 1. The fourth-order valence-electron chi connectivity index (χ4n) is 4.36. The molecule has 8 nitrogen and oxygen atoms in total. The van der Waals surface area contributed by atoms with Crippen molar-refractivity contribution in [1.29, 1.82) is 0 Å². The third-order valence-electron chi connectivity index (χ3n) is 6.14. The van der Waals surface area contributed by atoms with Crippen LogP contribution in [-0.2, 0) is 16.6 Å². The van der Waals surface area contributed by atoms with Gasteiger partial charge in [0, 0.05) is 12.4 Å². The van der Waals surface area contributed by atoms with Crippen LogP contribution in [0.4, 0.5) is 0 Å². The Kier molecular flexibility index (Phi) is 7.43. The van der Waals surface area contributed by atoms with Crippen molar-refractivity contribution in [2.24, 2.45) is 7.05 Å². The second-order valence-electron chi connectivity index (χ2n) is 8.25. The SMILES string of the molecule is CCCCCOc1c(OC)ccc2cc(C(=O)NC3(C(=O)OC)CCCC3)c(=O)n(C)c12. The van der Waals surface area contributed by atoms with E-state index in [1.807, 2.05) is 0 Å². The summed E-state index contributed by atoms with van der Waals surface area (Å²) in [6.45, 7) is 2.62. The fourth-order valence-corrected chi connectivity index (χ4v) is 4.36. The first-order valence-corrected chi connectivity index (χ1v) is 11.1. The van der Waals surface area contributed by atoms with Gasteiger partial charge < -0.3 is 24.1 Å². The molecular weight excluding hydrogens is 412 g/mol. The molecular formula is C24H32N2O6. The minimum atomic E-state index is -1.08. The minimum Gasteiger partial charge on any atom is -0.493 e. The van der Waals surface area contributed by atoms with Crippen LogP contribution in [0.5, 0.6) is 11.5 Å². The van der Waals surface area contributed by atoms with Crippen LogP contribution in [0.1, 0.15) is 62.2 Å². The highest BCUT2D eigenvalue weighted by Gasteiger charge is 2.44. The maximum atomic E-state index is 13.2. The lowest BCUT2D eigenvalue weighted by Gasteiger charge is -2.27. The average Bonchev–Trinajstić information content (AvgIpc) is 3.27. The highest BCUT2D eigenvalue weighted by Crippen LogP contribution is 2.35. The van der Waals surface area contributed by atoms with Gasteiger partial charge in [-0.15, -0.1) is 0 Å². The van der Waals surface area contributed by atoms with Crippen LogP contribution < -0.4 is 20.3 Å². The molecule has 1 aromatic heterocycles. The highest BCUT2D eigenvalue weighted by atomic mass is 16.5. The van der Waals surface area contributed by atoms with E-state index in [4.69, 9.17) is 14.2 Å². The normalized spacial score (nSPS) is 14.9. The first-order valence-electron chi connectivity index (χ1n) is 11.1. The number of ether oxygens (including phenoxy) is 3. The maximum Gasteiger partial charge on any atom is 0.331 e. The molecule has 0 aliphatic heterocycles. The third kappa shape index (κ3) is 4.45. The van der Waals surface area contributed by atoms with Gasteiger partial charge in [0.15, 0.2) is 11.5 Å². The Morgan fingerprint density at radius 2 is 1.88 bits per heavy atom. The van der Waals surface area contributed by atoms with Gasteiger partial charge in [-0.3, -0.25) is 9.59 Å². The number of esters is 1. The Labute approximate surface area is 187 Å². The van der Waals surface area contributed by atoms with Crippen molar-refractivity contribution < 1.29 is 23.8 Å². The molecule has 1 aliphatic rings. The number of nitrogens with one attached hydrogen (secondary N) is 1. The average molecular weight is 445 g/mol. The van der Waals surface area contributed by atoms with Crippen LogP contribution >= 0.6 is 0 Å². The van der Waals surface area contributed by atoms with Crippen LogP contribution in [0.2, 0.25) is 0 Å². The van der Waals surface area contributed by atoms with Gasteiger partial charge in [0.25, 0.3) is 11.5 Å². The van der Waals surface area contributed by atoms with Gasteiger partial charge in [-0.2, -0.15) is 0 Å². The molecule has 1 saturated carbocycles. The number of aryl methyl sites for hydroxylation is 1. The monoisotopic (exact) mass is 444 g/mol. The second kappa shape index (κ2) is 10.1. The van der Waals surface area contributed by atoms with Crippen LogP contribution in [-0.4, -0.2) is 42.8 Å². The van der Waals surface area contributed by atoms with Crippen molar-refractivity contribution in [3.8, 4) is 11.5 Å². The van der Waals surface area contributed by atoms with E-state index in [-0.39, 0.29) is 5.56 Å². The number of amides is 1. The quantitative estimate of drug-likeness (QED) is 0.471. The number of unbranched alkanes of at least 4 members (excludes halogenated alkanes) is 2. The maximum absolute atomic E-state index is 13.2. The summed E-state index contributed by atoms with van der Waals surface area (Å²) < 4.78 is 17.8. The Balaban J connectivity index is 2.01. The molecule has 1 heterocycles. The van der Waals surface area contributed by atoms with Gasteiger partial charge in [0.1, 0.15) is 11.1 Å². The van der Waals surface area contributed by atoms with Crippen molar-refractivity contribution in [3.63, 3.8) is 0 Å². The van der Waals surface area contributed by atoms with E-state index >= 15 is 0 Å². The summed E-state index contributed by atoms with van der Waals surface area (Å²) >= 11 is 0. The summed E-state index contributed by atoms with van der Waals surface area (Å²) in [5.74, 6) is -0.0548. The van der Waals surface area contributed by atoms with Crippen molar-refractivity contribution in [2.75, 3.05) is 20.8 Å². The summed E-state index contributed by atoms with van der Waals surface area (Å²) in [6.07, 6.45) is 5.60. The van der Waals surface area contributed by atoms with E-state index in [1.165, 1.54) is 11.7 Å². The van der Waals surface area contributed by atoms with Crippen molar-refractivity contribution >= 4 is 22.8 Å². The van der Waals surface area contributed by atoms with Crippen LogP contribution in [0.3, 0.4) is 0 Å². The molecule has 8 heteroatoms. The predicted molar refractivity (Wildman–Crippen MR) is 121 cm³/mol. The van der Waals surface area contributed by atoms with E-state index in [0.29, 0.717) is 41.9 Å². The highest BCUT2D eigenvalue weighted by molar-refractivity contribution is 6.01. The Morgan fingerprint density at radius 1 is 1.16 bits per heavy atom. The lowest BCUT2D eigenvalue weighted by Crippen LogP contribution is -2.54. The number of methoxy groups -OCH3 is 2. The fraction of sp³-hybridized carbons (Fsp3) is 0.542. The molecule has 32 heavy (non-hydrogen) atoms. The summed E-state index contributed by atoms with van der Waals surface area (Å²) in [5, 5.41) is 3.46. The number of pyridine rings is 1. The first-order chi connectivity index (χ1) is 15.4. The molecule has 1 fully saturated rings. The van der Waals surface area contributed by atoms with E-state index < -0.39 is 23.0 Å². The van der Waals surface area contributed by atoms with Gasteiger partial charge in [-0.1, -0.05) is 32.6 Å². The van der Waals surface area contributed by atoms with E-state index in [2.05, 4.69) is 12.2 Å². The van der Waals surface area contributed by atoms with Crippen LogP contribution in [0.15, 0.2) is 23.0 Å². The van der Waals surface area contributed by atoms with Crippen LogP contribution in [0.25, 0.3) is 10.9 Å². The number of nitrogens with zero attached hydrogens (tertiary/aromatic N) is 1. The topological polar surface area (TPSA) is 95.9 Å². The van der Waals surface area contributed by atoms with E-state index in [9.17, 15) is 14.4 Å². The largest absolute Gasteiger partial charge is 0.493 e. The molecule has 1 N–H and O–H groups in total. The van der Waals surface area contributed by atoms with Crippen molar-refractivity contribution in [3.05, 3.63) is 34.1 Å². The number of benzene rings is 1. The summed E-state index contributed by atoms with van der Waals surface area (Å²) in [6, 6.07) is 5.09. The molecule has 0 spiro atoms. The number of rotatable bonds is 9. The molecule has 0 saturated heterocycles. The zero-order chi connectivity index (χ0) is 23.3. The molecule has 0 bridgehead atoms. The zero-order valence-electron chi connectivity index (χ0n) is 19.3. The molecule has 3 rings (SSSR count). The lowest BCUT2D eigenvalue weighted by atomic mass is 9.97. The Hall–Kier alpha value is -3.03. The first kappa shape index (κ1) is 23.6. The second-order valence-corrected chi connectivity index (χ2v) is 8.25. The van der Waals surface area contributed by atoms with Gasteiger partial charge in [-0.25, -0.2) is 4.79 Å². The third-order valence-corrected chi connectivity index (χ3v) is 6.14. The number of aromatic nitrogens is 1. The van der Waals surface area contributed by atoms with Gasteiger partial charge in [-0.05, 0) is 37.5 Å². The molecule has 174 valence electrons. The van der Waals surface area contributed by atoms with E-state index in [0.717, 1.165) is 32.1 Å². The summed E-state index contributed by atoms with van der Waals surface area (Å²) in [7, 11) is 4.46. The van der Waals surface area contributed by atoms with Gasteiger partial charge in [0.05, 0.1) is 26.3 Å². The number of hydrogen-bond acceptors (Lipinski definition) is 6. The molecule has 1 aliphatic carbocycles. The zero-order valence-corrected chi connectivity index (χ0v) is 19.3. The Morgan fingerprint density at radius 3 is 2.50 bits per heavy atom. The van der Waals surface area contributed by atoms with Crippen molar-refractivity contribution in [1.82, 2.24) is 9.88 Å². The molecule has 0 unspecified atom stereocenters. The standard InChI is InChI=1S/C24H32N2O6/c1-5-6-9-14-32-20-18(30-3)11-10-16-15-17(22(28)26(2)19(16)20)21(27)25-24(23(29)31-4)12-7-8-13-24/h10-11,15H,5-9,12-14H2,1-4H3,(H,25,27). The van der Waals surface area contributed by atoms with Gasteiger partial charge in [0.2, 0.25) is 0 Å². The number of carbonyl (C=O) groups excluding carboxylic acids is 2. The van der Waals surface area contributed by atoms with E-state index in [1.54, 1.807) is 32.4 Å². The molecule has 2 aromatic rings. The smallest absolute Gasteiger partial charge is 0.331 e. The van der Waals surface area contributed by atoms with Gasteiger partial charge >= 0.3 is 5.97 Å². The van der Waals surface area contributed by atoms with Crippen LogP contribution in [0, 0.1) is 0 Å². The molecule has 1 aromatic carbocycles. The predicted octanol–water partition coefficient (Wildman–Crippen LogP) is 3.33. The Bertz CT molecular complexity index is 1050. The lowest BCUT2D eigenvalue weighted by molar-refractivity contribution is -0.148. The minimum absolute atomic E-state index is 0.0303. The molecule has 0 radical (unpaired) electrons.